The lowest BCUT2D eigenvalue weighted by Crippen LogP contribution is -2.43. The molecule has 0 aromatic carbocycles. The molecule has 0 aromatic heterocycles. The van der Waals surface area contributed by atoms with E-state index in [0.29, 0.717) is 5.92 Å². The Bertz CT molecular complexity index is 237. The van der Waals surface area contributed by atoms with Crippen molar-refractivity contribution >= 4 is 0 Å². The summed E-state index contributed by atoms with van der Waals surface area (Å²) in [7, 11) is 0. The van der Waals surface area contributed by atoms with Gasteiger partial charge in [0.25, 0.3) is 0 Å². The lowest BCUT2D eigenvalue weighted by molar-refractivity contribution is -0.151. The zero-order valence-corrected chi connectivity index (χ0v) is 11.6. The van der Waals surface area contributed by atoms with Crippen molar-refractivity contribution in [1.29, 1.82) is 0 Å². The first kappa shape index (κ1) is 15.8. The Hall–Kier alpha value is -0.290. The fourth-order valence-electron chi connectivity index (χ4n) is 2.13. The number of nitrogens with zero attached hydrogens (tertiary/aromatic N) is 1. The predicted octanol–water partition coefficient (Wildman–Crippen LogP) is 3.04. The first-order valence-electron chi connectivity index (χ1n) is 6.83. The fraction of sp³-hybridized carbons (Fsp3) is 1.00. The van der Waals surface area contributed by atoms with E-state index in [4.69, 9.17) is 0 Å². The van der Waals surface area contributed by atoms with Gasteiger partial charge in [-0.2, -0.15) is 13.2 Å². The molecule has 18 heavy (non-hydrogen) atoms. The zero-order valence-electron chi connectivity index (χ0n) is 11.6. The summed E-state index contributed by atoms with van der Waals surface area (Å²) < 4.78 is 37.5. The van der Waals surface area contributed by atoms with Crippen LogP contribution in [0.15, 0.2) is 0 Å². The second-order valence-corrected chi connectivity index (χ2v) is 5.75. The van der Waals surface area contributed by atoms with Crippen LogP contribution < -0.4 is 5.32 Å². The second kappa shape index (κ2) is 6.75. The molecule has 1 atom stereocenters. The largest absolute Gasteiger partial charge is 0.401 e. The molecule has 0 saturated heterocycles. The molecule has 2 nitrogen and oxygen atoms in total. The summed E-state index contributed by atoms with van der Waals surface area (Å²) in [6, 6.07) is 0.158. The van der Waals surface area contributed by atoms with Gasteiger partial charge in [0, 0.05) is 12.1 Å². The van der Waals surface area contributed by atoms with Gasteiger partial charge < -0.3 is 5.32 Å². The minimum absolute atomic E-state index is 0.00112. The molecule has 1 N–H and O–H groups in total. The van der Waals surface area contributed by atoms with Crippen LogP contribution >= 0.6 is 0 Å². The van der Waals surface area contributed by atoms with E-state index in [0.717, 1.165) is 32.4 Å². The molecule has 0 amide bonds. The number of halogens is 3. The maximum atomic E-state index is 12.5. The van der Waals surface area contributed by atoms with E-state index in [1.807, 2.05) is 6.92 Å². The van der Waals surface area contributed by atoms with Crippen molar-refractivity contribution < 1.29 is 13.2 Å². The van der Waals surface area contributed by atoms with E-state index in [1.165, 1.54) is 0 Å². The van der Waals surface area contributed by atoms with Crippen LogP contribution in [-0.4, -0.2) is 42.8 Å². The molecule has 5 heteroatoms. The van der Waals surface area contributed by atoms with Gasteiger partial charge in [-0.3, -0.25) is 4.90 Å². The highest BCUT2D eigenvalue weighted by atomic mass is 19.4. The first-order valence-corrected chi connectivity index (χ1v) is 6.83. The standard InChI is InChI=1S/C13H25F3N2/c1-10(2)8-17-7-6-11(3)18(12-4-5-12)9-13(14,15)16/h10-12,17H,4-9H2,1-3H3. The maximum Gasteiger partial charge on any atom is 0.401 e. The third kappa shape index (κ3) is 6.59. The van der Waals surface area contributed by atoms with Crippen LogP contribution in [0.25, 0.3) is 0 Å². The molecule has 0 spiro atoms. The SMILES string of the molecule is CC(C)CNCCC(C)N(CC(F)(F)F)C1CC1. The Kier molecular flexibility index (Phi) is 5.92. The van der Waals surface area contributed by atoms with Crippen LogP contribution in [-0.2, 0) is 0 Å². The van der Waals surface area contributed by atoms with E-state index in [2.05, 4.69) is 19.2 Å². The molecular weight excluding hydrogens is 241 g/mol. The van der Waals surface area contributed by atoms with Gasteiger partial charge in [-0.1, -0.05) is 13.8 Å². The van der Waals surface area contributed by atoms with Gasteiger partial charge in [0.05, 0.1) is 6.54 Å². The van der Waals surface area contributed by atoms with Gasteiger partial charge in [0.1, 0.15) is 0 Å². The van der Waals surface area contributed by atoms with Crippen LogP contribution in [0.2, 0.25) is 0 Å². The molecule has 0 heterocycles. The molecule has 0 aliphatic heterocycles. The van der Waals surface area contributed by atoms with Gasteiger partial charge in [-0.25, -0.2) is 0 Å². The second-order valence-electron chi connectivity index (χ2n) is 5.75. The quantitative estimate of drug-likeness (QED) is 0.679. The summed E-state index contributed by atoms with van der Waals surface area (Å²) in [6.45, 7) is 7.10. The van der Waals surface area contributed by atoms with Gasteiger partial charge in [-0.15, -0.1) is 0 Å². The van der Waals surface area contributed by atoms with Crippen molar-refractivity contribution in [2.75, 3.05) is 19.6 Å². The lowest BCUT2D eigenvalue weighted by Gasteiger charge is -2.30. The van der Waals surface area contributed by atoms with Gasteiger partial charge in [0.2, 0.25) is 0 Å². The van der Waals surface area contributed by atoms with Gasteiger partial charge in [-0.05, 0) is 45.2 Å². The third-order valence-electron chi connectivity index (χ3n) is 3.24. The summed E-state index contributed by atoms with van der Waals surface area (Å²) in [6.07, 6.45) is -1.47. The number of hydrogen-bond acceptors (Lipinski definition) is 2. The van der Waals surface area contributed by atoms with Gasteiger partial charge in [0.15, 0.2) is 0 Å². The Morgan fingerprint density at radius 3 is 2.28 bits per heavy atom. The monoisotopic (exact) mass is 266 g/mol. The summed E-state index contributed by atoms with van der Waals surface area (Å²) in [4.78, 5) is 1.62. The summed E-state index contributed by atoms with van der Waals surface area (Å²) >= 11 is 0. The van der Waals surface area contributed by atoms with Crippen molar-refractivity contribution in [2.45, 2.75) is 58.3 Å². The molecule has 1 rings (SSSR count). The van der Waals surface area contributed by atoms with Crippen molar-refractivity contribution in [3.8, 4) is 0 Å². The molecule has 1 fully saturated rings. The van der Waals surface area contributed by atoms with Crippen molar-refractivity contribution in [2.24, 2.45) is 5.92 Å². The molecule has 0 bridgehead atoms. The molecule has 0 aromatic rings. The summed E-state index contributed by atoms with van der Waals surface area (Å²) in [5.41, 5.74) is 0. The average Bonchev–Trinajstić information content (AvgIpc) is 3.02. The first-order chi connectivity index (χ1) is 8.29. The van der Waals surface area contributed by atoms with Gasteiger partial charge >= 0.3 is 6.18 Å². The fourth-order valence-corrected chi connectivity index (χ4v) is 2.13. The van der Waals surface area contributed by atoms with Crippen LogP contribution in [0.3, 0.4) is 0 Å². The van der Waals surface area contributed by atoms with Crippen LogP contribution in [0.5, 0.6) is 0 Å². The van der Waals surface area contributed by atoms with E-state index >= 15 is 0 Å². The summed E-state index contributed by atoms with van der Waals surface area (Å²) in [5.74, 6) is 0.579. The molecule has 1 unspecified atom stereocenters. The number of nitrogens with one attached hydrogen (secondary N) is 1. The minimum atomic E-state index is -4.08. The molecule has 1 aliphatic carbocycles. The van der Waals surface area contributed by atoms with Crippen LogP contribution in [0, 0.1) is 5.92 Å². The molecule has 1 saturated carbocycles. The van der Waals surface area contributed by atoms with E-state index < -0.39 is 12.7 Å². The van der Waals surface area contributed by atoms with E-state index in [9.17, 15) is 13.2 Å². The molecule has 108 valence electrons. The molecular formula is C13H25F3N2. The van der Waals surface area contributed by atoms with Crippen molar-refractivity contribution in [1.82, 2.24) is 10.2 Å². The number of rotatable bonds is 8. The Balaban J connectivity index is 2.29. The Morgan fingerprint density at radius 2 is 1.83 bits per heavy atom. The number of alkyl halides is 3. The van der Waals surface area contributed by atoms with Crippen LogP contribution in [0.4, 0.5) is 13.2 Å². The third-order valence-corrected chi connectivity index (χ3v) is 3.24. The summed E-state index contributed by atoms with van der Waals surface area (Å²) in [5, 5.41) is 3.28. The normalized spacial score (nSPS) is 18.7. The van der Waals surface area contributed by atoms with Crippen LogP contribution in [0.1, 0.15) is 40.0 Å². The number of hydrogen-bond donors (Lipinski definition) is 1. The Morgan fingerprint density at radius 1 is 1.22 bits per heavy atom. The highest BCUT2D eigenvalue weighted by Crippen LogP contribution is 2.32. The minimum Gasteiger partial charge on any atom is -0.316 e. The molecule has 0 radical (unpaired) electrons. The van der Waals surface area contributed by atoms with Crippen molar-refractivity contribution in [3.63, 3.8) is 0 Å². The Labute approximate surface area is 108 Å². The van der Waals surface area contributed by atoms with E-state index in [1.54, 1.807) is 4.90 Å². The predicted molar refractivity (Wildman–Crippen MR) is 67.6 cm³/mol. The lowest BCUT2D eigenvalue weighted by atomic mass is 10.1. The van der Waals surface area contributed by atoms with E-state index in [-0.39, 0.29) is 12.1 Å². The smallest absolute Gasteiger partial charge is 0.316 e. The topological polar surface area (TPSA) is 15.3 Å². The highest BCUT2D eigenvalue weighted by molar-refractivity contribution is 4.88. The average molecular weight is 266 g/mol. The maximum absolute atomic E-state index is 12.5. The molecule has 1 aliphatic rings. The van der Waals surface area contributed by atoms with Crippen molar-refractivity contribution in [3.05, 3.63) is 0 Å². The highest BCUT2D eigenvalue weighted by Gasteiger charge is 2.39. The zero-order chi connectivity index (χ0) is 13.8.